The number of nitrogens with zero attached hydrogens (tertiary/aromatic N) is 1. The van der Waals surface area contributed by atoms with Crippen molar-refractivity contribution < 1.29 is 18.0 Å². The van der Waals surface area contributed by atoms with Gasteiger partial charge in [-0.2, -0.15) is 4.31 Å². The SMILES string of the molecule is Cc1ccc(S(=O)(=O)N(CC(=O)NC2CCCCC2)CC(=O)NC2CCCCC2)cc1. The van der Waals surface area contributed by atoms with Crippen LogP contribution in [0.1, 0.15) is 69.8 Å². The van der Waals surface area contributed by atoms with Crippen molar-refractivity contribution in [3.8, 4) is 0 Å². The summed E-state index contributed by atoms with van der Waals surface area (Å²) >= 11 is 0. The van der Waals surface area contributed by atoms with Gasteiger partial charge in [-0.15, -0.1) is 0 Å². The van der Waals surface area contributed by atoms with E-state index in [-0.39, 0.29) is 41.9 Å². The van der Waals surface area contributed by atoms with Crippen LogP contribution < -0.4 is 10.6 Å². The summed E-state index contributed by atoms with van der Waals surface area (Å²) in [5.74, 6) is -0.707. The van der Waals surface area contributed by atoms with Crippen LogP contribution in [0, 0.1) is 6.92 Å². The van der Waals surface area contributed by atoms with Gasteiger partial charge in [0.15, 0.2) is 0 Å². The van der Waals surface area contributed by atoms with E-state index >= 15 is 0 Å². The van der Waals surface area contributed by atoms with Crippen molar-refractivity contribution in [2.75, 3.05) is 13.1 Å². The Hall–Kier alpha value is -1.93. The summed E-state index contributed by atoms with van der Waals surface area (Å²) in [7, 11) is -3.98. The Kier molecular flexibility index (Phi) is 8.49. The molecule has 0 heterocycles. The zero-order valence-electron chi connectivity index (χ0n) is 18.4. The van der Waals surface area contributed by atoms with Gasteiger partial charge in [0.25, 0.3) is 0 Å². The van der Waals surface area contributed by atoms with E-state index in [1.165, 1.54) is 25.0 Å². The molecule has 2 fully saturated rings. The number of carbonyl (C=O) groups excluding carboxylic acids is 2. The number of carbonyl (C=O) groups is 2. The minimum Gasteiger partial charge on any atom is -0.352 e. The number of hydrogen-bond donors (Lipinski definition) is 2. The third-order valence-electron chi connectivity index (χ3n) is 6.24. The molecule has 0 atom stereocenters. The van der Waals surface area contributed by atoms with Crippen LogP contribution in [0.5, 0.6) is 0 Å². The van der Waals surface area contributed by atoms with E-state index in [2.05, 4.69) is 10.6 Å². The Balaban J connectivity index is 1.71. The van der Waals surface area contributed by atoms with Gasteiger partial charge in [0.1, 0.15) is 0 Å². The first-order valence-corrected chi connectivity index (χ1v) is 12.9. The number of sulfonamides is 1. The fourth-order valence-corrected chi connectivity index (χ4v) is 5.80. The molecule has 0 radical (unpaired) electrons. The van der Waals surface area contributed by atoms with Crippen molar-refractivity contribution in [3.63, 3.8) is 0 Å². The minimum atomic E-state index is -3.98. The molecule has 2 N–H and O–H groups in total. The molecule has 3 rings (SSSR count). The molecule has 172 valence electrons. The van der Waals surface area contributed by atoms with Crippen molar-refractivity contribution in [2.45, 2.75) is 88.1 Å². The molecule has 2 amide bonds. The molecular formula is C23H35N3O4S. The van der Waals surface area contributed by atoms with Crippen LogP contribution in [-0.4, -0.2) is 49.7 Å². The molecule has 1 aromatic carbocycles. The van der Waals surface area contributed by atoms with Crippen LogP contribution in [0.3, 0.4) is 0 Å². The fraction of sp³-hybridized carbons (Fsp3) is 0.652. The van der Waals surface area contributed by atoms with Crippen molar-refractivity contribution in [1.82, 2.24) is 14.9 Å². The van der Waals surface area contributed by atoms with Gasteiger partial charge in [0.2, 0.25) is 21.8 Å². The molecule has 0 aliphatic heterocycles. The number of hydrogen-bond acceptors (Lipinski definition) is 4. The van der Waals surface area contributed by atoms with Crippen LogP contribution in [0.4, 0.5) is 0 Å². The lowest BCUT2D eigenvalue weighted by atomic mass is 9.95. The summed E-state index contributed by atoms with van der Waals surface area (Å²) in [5.41, 5.74) is 0.940. The van der Waals surface area contributed by atoms with Crippen LogP contribution in [0.15, 0.2) is 29.2 Å². The van der Waals surface area contributed by atoms with E-state index < -0.39 is 10.0 Å². The second kappa shape index (κ2) is 11.1. The van der Waals surface area contributed by atoms with Gasteiger partial charge in [-0.25, -0.2) is 8.42 Å². The molecule has 2 aliphatic rings. The molecule has 0 saturated heterocycles. The molecule has 0 spiro atoms. The summed E-state index contributed by atoms with van der Waals surface area (Å²) in [5, 5.41) is 5.92. The summed E-state index contributed by atoms with van der Waals surface area (Å²) in [6, 6.07) is 6.65. The second-order valence-corrected chi connectivity index (χ2v) is 10.8. The molecule has 0 unspecified atom stereocenters. The Morgan fingerprint density at radius 1 is 0.806 bits per heavy atom. The molecule has 2 aliphatic carbocycles. The van der Waals surface area contributed by atoms with Gasteiger partial charge in [0.05, 0.1) is 18.0 Å². The Morgan fingerprint density at radius 3 is 1.65 bits per heavy atom. The molecule has 1 aromatic rings. The highest BCUT2D eigenvalue weighted by Gasteiger charge is 2.30. The molecule has 0 aromatic heterocycles. The molecular weight excluding hydrogens is 414 g/mol. The third-order valence-corrected chi connectivity index (χ3v) is 8.05. The fourth-order valence-electron chi connectivity index (χ4n) is 4.45. The maximum absolute atomic E-state index is 13.3. The van der Waals surface area contributed by atoms with E-state index in [1.807, 2.05) is 6.92 Å². The van der Waals surface area contributed by atoms with Crippen LogP contribution >= 0.6 is 0 Å². The Bertz CT molecular complexity index is 808. The zero-order chi connectivity index (χ0) is 22.3. The summed E-state index contributed by atoms with van der Waals surface area (Å²) in [6.45, 7) is 1.17. The summed E-state index contributed by atoms with van der Waals surface area (Å²) in [4.78, 5) is 25.4. The predicted octanol–water partition coefficient (Wildman–Crippen LogP) is 2.88. The largest absolute Gasteiger partial charge is 0.352 e. The van der Waals surface area contributed by atoms with Gasteiger partial charge < -0.3 is 10.6 Å². The van der Waals surface area contributed by atoms with Crippen molar-refractivity contribution in [2.24, 2.45) is 0 Å². The number of aryl methyl sites for hydroxylation is 1. The molecule has 0 bridgehead atoms. The average molecular weight is 450 g/mol. The minimum absolute atomic E-state index is 0.0845. The molecule has 31 heavy (non-hydrogen) atoms. The monoisotopic (exact) mass is 449 g/mol. The second-order valence-electron chi connectivity index (χ2n) is 8.89. The topological polar surface area (TPSA) is 95.6 Å². The highest BCUT2D eigenvalue weighted by Crippen LogP contribution is 2.20. The maximum atomic E-state index is 13.3. The van der Waals surface area contributed by atoms with E-state index in [9.17, 15) is 18.0 Å². The first kappa shape index (κ1) is 23.7. The lowest BCUT2D eigenvalue weighted by Crippen LogP contribution is -2.49. The quantitative estimate of drug-likeness (QED) is 0.638. The van der Waals surface area contributed by atoms with E-state index in [0.29, 0.717) is 0 Å². The lowest BCUT2D eigenvalue weighted by Gasteiger charge is -2.27. The van der Waals surface area contributed by atoms with Crippen LogP contribution in [0.2, 0.25) is 0 Å². The van der Waals surface area contributed by atoms with Gasteiger partial charge in [0, 0.05) is 12.1 Å². The zero-order valence-corrected chi connectivity index (χ0v) is 19.3. The Labute approximate surface area is 186 Å². The standard InChI is InChI=1S/C23H35N3O4S/c1-18-12-14-21(15-13-18)31(29,30)26(16-22(27)24-19-8-4-2-5-9-19)17-23(28)25-20-10-6-3-7-11-20/h12-15,19-20H,2-11,16-17H2,1H3,(H,24,27)(H,25,28). The average Bonchev–Trinajstić information content (AvgIpc) is 2.75. The number of amides is 2. The highest BCUT2D eigenvalue weighted by molar-refractivity contribution is 7.89. The van der Waals surface area contributed by atoms with Gasteiger partial charge in [-0.05, 0) is 44.7 Å². The van der Waals surface area contributed by atoms with E-state index in [0.717, 1.165) is 61.2 Å². The van der Waals surface area contributed by atoms with Crippen LogP contribution in [0.25, 0.3) is 0 Å². The third kappa shape index (κ3) is 7.04. The summed E-state index contributed by atoms with van der Waals surface area (Å²) < 4.78 is 27.5. The summed E-state index contributed by atoms with van der Waals surface area (Å²) in [6.07, 6.45) is 10.3. The first-order chi connectivity index (χ1) is 14.8. The van der Waals surface area contributed by atoms with Crippen molar-refractivity contribution >= 4 is 21.8 Å². The highest BCUT2D eigenvalue weighted by atomic mass is 32.2. The van der Waals surface area contributed by atoms with Crippen molar-refractivity contribution in [1.29, 1.82) is 0 Å². The normalized spacial score (nSPS) is 18.6. The maximum Gasteiger partial charge on any atom is 0.244 e. The number of nitrogens with one attached hydrogen (secondary N) is 2. The molecule has 7 nitrogen and oxygen atoms in total. The van der Waals surface area contributed by atoms with Crippen molar-refractivity contribution in [3.05, 3.63) is 29.8 Å². The number of rotatable bonds is 8. The molecule has 8 heteroatoms. The smallest absolute Gasteiger partial charge is 0.244 e. The predicted molar refractivity (Wildman–Crippen MR) is 120 cm³/mol. The first-order valence-electron chi connectivity index (χ1n) is 11.5. The van der Waals surface area contributed by atoms with E-state index in [1.54, 1.807) is 12.1 Å². The Morgan fingerprint density at radius 2 is 1.23 bits per heavy atom. The van der Waals surface area contributed by atoms with Gasteiger partial charge in [-0.1, -0.05) is 56.2 Å². The van der Waals surface area contributed by atoms with Gasteiger partial charge in [-0.3, -0.25) is 9.59 Å². The van der Waals surface area contributed by atoms with Gasteiger partial charge >= 0.3 is 0 Å². The van der Waals surface area contributed by atoms with Crippen LogP contribution in [-0.2, 0) is 19.6 Å². The number of benzene rings is 1. The lowest BCUT2D eigenvalue weighted by molar-refractivity contribution is -0.124. The molecule has 2 saturated carbocycles. The van der Waals surface area contributed by atoms with E-state index in [4.69, 9.17) is 0 Å².